The molecule has 0 radical (unpaired) electrons. The van der Waals surface area contributed by atoms with E-state index >= 15 is 0 Å². The lowest BCUT2D eigenvalue weighted by Crippen LogP contribution is -2.16. The lowest BCUT2D eigenvalue weighted by atomic mass is 10.2. The largest absolute Gasteiger partial charge is 0.307 e. The summed E-state index contributed by atoms with van der Waals surface area (Å²) in [6.07, 6.45) is 0. The molecule has 0 saturated heterocycles. The van der Waals surface area contributed by atoms with E-state index in [1.807, 2.05) is 0 Å². The zero-order valence-electron chi connectivity index (χ0n) is 9.87. The highest BCUT2D eigenvalue weighted by Crippen LogP contribution is 2.20. The molecule has 1 aromatic heterocycles. The average molecular weight is 268 g/mol. The van der Waals surface area contributed by atoms with Crippen LogP contribution in [0.3, 0.4) is 0 Å². The molecule has 0 unspecified atom stereocenters. The van der Waals surface area contributed by atoms with E-state index < -0.39 is 11.7 Å². The van der Waals surface area contributed by atoms with E-state index in [1.54, 1.807) is 20.0 Å². The number of rotatable bonds is 2. The number of amides is 1. The van der Waals surface area contributed by atoms with Gasteiger partial charge in [-0.15, -0.1) is 0 Å². The summed E-state index contributed by atoms with van der Waals surface area (Å²) in [4.78, 5) is 11.9. The van der Waals surface area contributed by atoms with Crippen LogP contribution in [-0.2, 0) is 7.05 Å². The Kier molecular flexibility index (Phi) is 3.34. The lowest BCUT2D eigenvalue weighted by molar-refractivity contribution is 0.102. The molecular formula is C12H11ClFN3O. The van der Waals surface area contributed by atoms with Crippen molar-refractivity contribution in [3.8, 4) is 0 Å². The number of benzene rings is 1. The summed E-state index contributed by atoms with van der Waals surface area (Å²) in [6.45, 7) is 1.80. The lowest BCUT2D eigenvalue weighted by Gasteiger charge is -2.07. The second-order valence-electron chi connectivity index (χ2n) is 3.85. The fraction of sp³-hybridized carbons (Fsp3) is 0.167. The SMILES string of the molecule is Cc1cc(NC(=O)c2c(F)cccc2Cl)n(C)n1. The molecular weight excluding hydrogens is 257 g/mol. The number of nitrogens with zero attached hydrogens (tertiary/aromatic N) is 2. The molecule has 6 heteroatoms. The maximum absolute atomic E-state index is 13.5. The Bertz CT molecular complexity index is 589. The normalized spacial score (nSPS) is 10.4. The van der Waals surface area contributed by atoms with Gasteiger partial charge in [0.15, 0.2) is 0 Å². The van der Waals surface area contributed by atoms with Gasteiger partial charge in [-0.1, -0.05) is 17.7 Å². The van der Waals surface area contributed by atoms with Crippen molar-refractivity contribution in [2.24, 2.45) is 7.05 Å². The van der Waals surface area contributed by atoms with Crippen LogP contribution in [0.25, 0.3) is 0 Å². The number of nitrogens with one attached hydrogen (secondary N) is 1. The molecule has 0 aliphatic carbocycles. The maximum Gasteiger partial charge on any atom is 0.261 e. The Morgan fingerprint density at radius 1 is 1.50 bits per heavy atom. The van der Waals surface area contributed by atoms with Crippen molar-refractivity contribution < 1.29 is 9.18 Å². The van der Waals surface area contributed by atoms with Crippen LogP contribution in [0, 0.1) is 12.7 Å². The van der Waals surface area contributed by atoms with Crippen LogP contribution in [0.5, 0.6) is 0 Å². The molecule has 1 amide bonds. The van der Waals surface area contributed by atoms with Crippen molar-refractivity contribution >= 4 is 23.3 Å². The molecule has 0 aliphatic rings. The molecule has 1 N–H and O–H groups in total. The smallest absolute Gasteiger partial charge is 0.261 e. The fourth-order valence-corrected chi connectivity index (χ4v) is 1.87. The van der Waals surface area contributed by atoms with E-state index in [1.165, 1.54) is 22.9 Å². The van der Waals surface area contributed by atoms with Crippen molar-refractivity contribution in [2.75, 3.05) is 5.32 Å². The van der Waals surface area contributed by atoms with Crippen molar-refractivity contribution in [3.63, 3.8) is 0 Å². The van der Waals surface area contributed by atoms with Crippen LogP contribution in [0.1, 0.15) is 16.1 Å². The number of hydrogen-bond acceptors (Lipinski definition) is 2. The summed E-state index contributed by atoms with van der Waals surface area (Å²) in [5.41, 5.74) is 0.588. The monoisotopic (exact) mass is 267 g/mol. The second kappa shape index (κ2) is 4.78. The second-order valence-corrected chi connectivity index (χ2v) is 4.25. The summed E-state index contributed by atoms with van der Waals surface area (Å²) in [5, 5.41) is 6.72. The number of carbonyl (C=O) groups is 1. The number of halogens is 2. The summed E-state index contributed by atoms with van der Waals surface area (Å²) in [6, 6.07) is 5.79. The Morgan fingerprint density at radius 2 is 2.22 bits per heavy atom. The molecule has 0 atom stereocenters. The molecule has 18 heavy (non-hydrogen) atoms. The molecule has 0 fully saturated rings. The van der Waals surface area contributed by atoms with Gasteiger partial charge in [-0.05, 0) is 19.1 Å². The first kappa shape index (κ1) is 12.6. The summed E-state index contributed by atoms with van der Waals surface area (Å²) in [5.74, 6) is -0.767. The highest BCUT2D eigenvalue weighted by atomic mass is 35.5. The molecule has 0 bridgehead atoms. The molecule has 0 aliphatic heterocycles. The first-order valence-corrected chi connectivity index (χ1v) is 5.63. The molecule has 4 nitrogen and oxygen atoms in total. The highest BCUT2D eigenvalue weighted by molar-refractivity contribution is 6.34. The topological polar surface area (TPSA) is 46.9 Å². The van der Waals surface area contributed by atoms with Crippen LogP contribution in [0.4, 0.5) is 10.2 Å². The number of aryl methyl sites for hydroxylation is 2. The summed E-state index contributed by atoms with van der Waals surface area (Å²) in [7, 11) is 1.69. The third-order valence-corrected chi connectivity index (χ3v) is 2.75. The van der Waals surface area contributed by atoms with Crippen LogP contribution >= 0.6 is 11.6 Å². The predicted octanol–water partition coefficient (Wildman–Crippen LogP) is 2.77. The molecule has 2 aromatic rings. The number of anilines is 1. The predicted molar refractivity (Wildman–Crippen MR) is 67.3 cm³/mol. The molecule has 94 valence electrons. The zero-order chi connectivity index (χ0) is 13.3. The Morgan fingerprint density at radius 3 is 2.78 bits per heavy atom. The van der Waals surface area contributed by atoms with Crippen molar-refractivity contribution in [1.29, 1.82) is 0 Å². The Hall–Kier alpha value is -1.88. The number of carbonyl (C=O) groups excluding carboxylic acids is 1. The van der Waals surface area contributed by atoms with Gasteiger partial charge in [0.25, 0.3) is 5.91 Å². The number of hydrogen-bond donors (Lipinski definition) is 1. The van der Waals surface area contributed by atoms with E-state index in [-0.39, 0.29) is 10.6 Å². The van der Waals surface area contributed by atoms with E-state index in [9.17, 15) is 9.18 Å². The third kappa shape index (κ3) is 2.36. The van der Waals surface area contributed by atoms with Crippen molar-refractivity contribution in [3.05, 3.63) is 46.4 Å². The quantitative estimate of drug-likeness (QED) is 0.909. The van der Waals surface area contributed by atoms with Gasteiger partial charge in [0, 0.05) is 13.1 Å². The zero-order valence-corrected chi connectivity index (χ0v) is 10.6. The molecule has 1 aromatic carbocycles. The average Bonchev–Trinajstić information content (AvgIpc) is 2.57. The number of aromatic nitrogens is 2. The standard InChI is InChI=1S/C12H11ClFN3O/c1-7-6-10(17(2)16-7)15-12(18)11-8(13)4-3-5-9(11)14/h3-6H,1-2H3,(H,15,18). The molecule has 2 rings (SSSR count). The van der Waals surface area contributed by atoms with Crippen LogP contribution in [0.15, 0.2) is 24.3 Å². The van der Waals surface area contributed by atoms with Crippen LogP contribution in [0.2, 0.25) is 5.02 Å². The first-order chi connectivity index (χ1) is 8.49. The van der Waals surface area contributed by atoms with Gasteiger partial charge >= 0.3 is 0 Å². The minimum Gasteiger partial charge on any atom is -0.307 e. The van der Waals surface area contributed by atoms with Gasteiger partial charge in [-0.25, -0.2) is 4.39 Å². The Labute approximate surface area is 108 Å². The first-order valence-electron chi connectivity index (χ1n) is 5.25. The minimum atomic E-state index is -0.654. The van der Waals surface area contributed by atoms with Crippen LogP contribution < -0.4 is 5.32 Å². The molecule has 0 spiro atoms. The van der Waals surface area contributed by atoms with Gasteiger partial charge in [-0.2, -0.15) is 5.10 Å². The molecule has 0 saturated carbocycles. The van der Waals surface area contributed by atoms with Crippen molar-refractivity contribution in [2.45, 2.75) is 6.92 Å². The highest BCUT2D eigenvalue weighted by Gasteiger charge is 2.17. The Balaban J connectivity index is 2.30. The van der Waals surface area contributed by atoms with Gasteiger partial charge in [-0.3, -0.25) is 9.48 Å². The van der Waals surface area contributed by atoms with Crippen LogP contribution in [-0.4, -0.2) is 15.7 Å². The van der Waals surface area contributed by atoms with Gasteiger partial charge in [0.05, 0.1) is 16.3 Å². The van der Waals surface area contributed by atoms with Gasteiger partial charge in [0.2, 0.25) is 0 Å². The third-order valence-electron chi connectivity index (χ3n) is 2.43. The maximum atomic E-state index is 13.5. The van der Waals surface area contributed by atoms with E-state index in [0.717, 1.165) is 5.69 Å². The van der Waals surface area contributed by atoms with E-state index in [2.05, 4.69) is 10.4 Å². The van der Waals surface area contributed by atoms with E-state index in [4.69, 9.17) is 11.6 Å². The van der Waals surface area contributed by atoms with E-state index in [0.29, 0.717) is 5.82 Å². The minimum absolute atomic E-state index is 0.0754. The van der Waals surface area contributed by atoms with Gasteiger partial charge < -0.3 is 5.32 Å². The van der Waals surface area contributed by atoms with Crippen molar-refractivity contribution in [1.82, 2.24) is 9.78 Å². The summed E-state index contributed by atoms with van der Waals surface area (Å²) >= 11 is 5.81. The fourth-order valence-electron chi connectivity index (χ4n) is 1.62. The van der Waals surface area contributed by atoms with Gasteiger partial charge in [0.1, 0.15) is 11.6 Å². The molecule has 1 heterocycles. The summed E-state index contributed by atoms with van der Waals surface area (Å²) < 4.78 is 15.0.